The highest BCUT2D eigenvalue weighted by Crippen LogP contribution is 2.05. The van der Waals surface area contributed by atoms with E-state index in [1.165, 1.54) is 0 Å². The number of rotatable bonds is 3. The highest BCUT2D eigenvalue weighted by Gasteiger charge is 2.02. The van der Waals surface area contributed by atoms with Crippen molar-refractivity contribution in [1.82, 2.24) is 0 Å². The van der Waals surface area contributed by atoms with Gasteiger partial charge in [0.2, 0.25) is 0 Å². The van der Waals surface area contributed by atoms with Crippen LogP contribution in [0.4, 0.5) is 0 Å². The van der Waals surface area contributed by atoms with Crippen LogP contribution in [0.5, 0.6) is 0 Å². The van der Waals surface area contributed by atoms with Gasteiger partial charge < -0.3 is 4.74 Å². The van der Waals surface area contributed by atoms with Gasteiger partial charge in [-0.3, -0.25) is 4.79 Å². The number of ether oxygens (including phenoxy) is 1. The van der Waals surface area contributed by atoms with Crippen LogP contribution in [0.2, 0.25) is 0 Å². The third-order valence-electron chi connectivity index (χ3n) is 2.01. The molecule has 3 heteroatoms. The number of benzene rings is 1. The quantitative estimate of drug-likeness (QED) is 0.586. The number of carbonyl (C=O) groups is 1. The van der Waals surface area contributed by atoms with Gasteiger partial charge in [-0.15, -0.1) is 0 Å². The van der Waals surface area contributed by atoms with E-state index in [4.69, 9.17) is 10.00 Å². The molecule has 1 rings (SSSR count). The van der Waals surface area contributed by atoms with Gasteiger partial charge in [0, 0.05) is 5.56 Å². The number of hydrogen-bond donors (Lipinski definition) is 0. The SMILES string of the molecule is CCOC(=O)Cc1ccc(C#CCC#N)cc1. The highest BCUT2D eigenvalue weighted by molar-refractivity contribution is 5.72. The minimum atomic E-state index is -0.226. The Kier molecular flexibility index (Phi) is 5.34. The van der Waals surface area contributed by atoms with Crippen LogP contribution in [0.3, 0.4) is 0 Å². The second-order valence-corrected chi connectivity index (χ2v) is 3.32. The van der Waals surface area contributed by atoms with Crippen molar-refractivity contribution in [3.63, 3.8) is 0 Å². The summed E-state index contributed by atoms with van der Waals surface area (Å²) >= 11 is 0. The zero-order valence-corrected chi connectivity index (χ0v) is 9.69. The van der Waals surface area contributed by atoms with Crippen molar-refractivity contribution in [2.45, 2.75) is 19.8 Å². The van der Waals surface area contributed by atoms with Crippen LogP contribution in [0.1, 0.15) is 24.5 Å². The molecule has 3 nitrogen and oxygen atoms in total. The monoisotopic (exact) mass is 227 g/mol. The van der Waals surface area contributed by atoms with Crippen LogP contribution >= 0.6 is 0 Å². The molecule has 0 fully saturated rings. The molecule has 0 saturated carbocycles. The standard InChI is InChI=1S/C14H13NO2/c1-2-17-14(16)11-13-8-6-12(7-9-13)5-3-4-10-15/h6-9H,2,4,11H2,1H3. The number of esters is 1. The number of hydrogen-bond acceptors (Lipinski definition) is 3. The topological polar surface area (TPSA) is 50.1 Å². The van der Waals surface area contributed by atoms with Crippen LogP contribution in [0.15, 0.2) is 24.3 Å². The Bertz CT molecular complexity index is 472. The van der Waals surface area contributed by atoms with E-state index in [0.29, 0.717) is 6.61 Å². The van der Waals surface area contributed by atoms with E-state index in [1.54, 1.807) is 6.92 Å². The lowest BCUT2D eigenvalue weighted by Gasteiger charge is -2.01. The molecule has 0 amide bonds. The minimum absolute atomic E-state index is 0.226. The fourth-order valence-electron chi connectivity index (χ4n) is 1.27. The molecule has 17 heavy (non-hydrogen) atoms. The molecular formula is C14H13NO2. The normalized spacial score (nSPS) is 8.71. The molecule has 86 valence electrons. The van der Waals surface area contributed by atoms with Gasteiger partial charge in [-0.1, -0.05) is 24.0 Å². The van der Waals surface area contributed by atoms with Crippen molar-refractivity contribution in [3.05, 3.63) is 35.4 Å². The summed E-state index contributed by atoms with van der Waals surface area (Å²) in [6.45, 7) is 2.18. The third kappa shape index (κ3) is 4.86. The van der Waals surface area contributed by atoms with Crippen LogP contribution in [0.25, 0.3) is 0 Å². The van der Waals surface area contributed by atoms with E-state index in [0.717, 1.165) is 11.1 Å². The van der Waals surface area contributed by atoms with Gasteiger partial charge in [-0.05, 0) is 24.6 Å². The van der Waals surface area contributed by atoms with E-state index in [9.17, 15) is 4.79 Å². The third-order valence-corrected chi connectivity index (χ3v) is 2.01. The summed E-state index contributed by atoms with van der Waals surface area (Å²) in [5, 5.41) is 8.33. The smallest absolute Gasteiger partial charge is 0.310 e. The van der Waals surface area contributed by atoms with Crippen molar-refractivity contribution >= 4 is 5.97 Å². The van der Waals surface area contributed by atoms with Crippen LogP contribution < -0.4 is 0 Å². The van der Waals surface area contributed by atoms with Gasteiger partial charge in [0.25, 0.3) is 0 Å². The number of nitriles is 1. The first-order valence-corrected chi connectivity index (χ1v) is 5.36. The maximum Gasteiger partial charge on any atom is 0.310 e. The lowest BCUT2D eigenvalue weighted by Crippen LogP contribution is -2.07. The molecule has 0 heterocycles. The summed E-state index contributed by atoms with van der Waals surface area (Å²) in [7, 11) is 0. The molecule has 1 aromatic rings. The van der Waals surface area contributed by atoms with Crippen LogP contribution in [-0.4, -0.2) is 12.6 Å². The van der Waals surface area contributed by atoms with Crippen molar-refractivity contribution in [2.75, 3.05) is 6.61 Å². The molecule has 0 atom stereocenters. The average molecular weight is 227 g/mol. The first kappa shape index (κ1) is 12.8. The second kappa shape index (κ2) is 7.09. The molecule has 0 aliphatic carbocycles. The predicted octanol–water partition coefficient (Wildman–Crippen LogP) is 2.06. The molecule has 0 saturated heterocycles. The van der Waals surface area contributed by atoms with Crippen LogP contribution in [-0.2, 0) is 16.0 Å². The van der Waals surface area contributed by atoms with Crippen LogP contribution in [0, 0.1) is 23.2 Å². The summed E-state index contributed by atoms with van der Waals surface area (Å²) in [6, 6.07) is 9.30. The molecule has 0 unspecified atom stereocenters. The zero-order chi connectivity index (χ0) is 12.5. The lowest BCUT2D eigenvalue weighted by atomic mass is 10.1. The summed E-state index contributed by atoms with van der Waals surface area (Å²) in [4.78, 5) is 11.2. The van der Waals surface area contributed by atoms with E-state index in [-0.39, 0.29) is 18.8 Å². The predicted molar refractivity (Wildman–Crippen MR) is 63.9 cm³/mol. The Labute approximate surface area is 101 Å². The van der Waals surface area contributed by atoms with Gasteiger partial charge in [0.15, 0.2) is 0 Å². The Morgan fingerprint density at radius 1 is 1.35 bits per heavy atom. The number of nitrogens with zero attached hydrogens (tertiary/aromatic N) is 1. The number of carbonyl (C=O) groups excluding carboxylic acids is 1. The lowest BCUT2D eigenvalue weighted by molar-refractivity contribution is -0.142. The van der Waals surface area contributed by atoms with Crippen molar-refractivity contribution in [1.29, 1.82) is 5.26 Å². The fourth-order valence-corrected chi connectivity index (χ4v) is 1.27. The molecular weight excluding hydrogens is 214 g/mol. The van der Waals surface area contributed by atoms with Gasteiger partial charge in [0.1, 0.15) is 0 Å². The molecule has 0 bridgehead atoms. The van der Waals surface area contributed by atoms with Gasteiger partial charge in [0.05, 0.1) is 25.5 Å². The van der Waals surface area contributed by atoms with Gasteiger partial charge in [-0.2, -0.15) is 5.26 Å². The van der Waals surface area contributed by atoms with E-state index < -0.39 is 0 Å². The Balaban J connectivity index is 2.60. The molecule has 0 N–H and O–H groups in total. The van der Waals surface area contributed by atoms with Gasteiger partial charge >= 0.3 is 5.97 Å². The van der Waals surface area contributed by atoms with E-state index >= 15 is 0 Å². The van der Waals surface area contributed by atoms with Gasteiger partial charge in [-0.25, -0.2) is 0 Å². The highest BCUT2D eigenvalue weighted by atomic mass is 16.5. The van der Waals surface area contributed by atoms with Crippen molar-refractivity contribution in [2.24, 2.45) is 0 Å². The summed E-state index contributed by atoms with van der Waals surface area (Å²) in [5.74, 6) is 5.37. The Morgan fingerprint density at radius 3 is 2.65 bits per heavy atom. The second-order valence-electron chi connectivity index (χ2n) is 3.32. The van der Waals surface area contributed by atoms with Crippen molar-refractivity contribution in [3.8, 4) is 17.9 Å². The largest absolute Gasteiger partial charge is 0.466 e. The first-order valence-electron chi connectivity index (χ1n) is 5.36. The summed E-state index contributed by atoms with van der Waals surface area (Å²) in [6.07, 6.45) is 0.504. The fraction of sp³-hybridized carbons (Fsp3) is 0.286. The summed E-state index contributed by atoms with van der Waals surface area (Å²) in [5.41, 5.74) is 1.74. The molecule has 0 aliphatic heterocycles. The molecule has 1 aromatic carbocycles. The zero-order valence-electron chi connectivity index (χ0n) is 9.69. The first-order chi connectivity index (χ1) is 8.26. The van der Waals surface area contributed by atoms with E-state index in [2.05, 4.69) is 11.8 Å². The summed E-state index contributed by atoms with van der Waals surface area (Å²) < 4.78 is 4.85. The maximum atomic E-state index is 11.2. The molecule has 0 aliphatic rings. The molecule has 0 spiro atoms. The van der Waals surface area contributed by atoms with Crippen molar-refractivity contribution < 1.29 is 9.53 Å². The maximum absolute atomic E-state index is 11.2. The average Bonchev–Trinajstić information content (AvgIpc) is 2.32. The van der Waals surface area contributed by atoms with E-state index in [1.807, 2.05) is 30.3 Å². The molecule has 0 radical (unpaired) electrons. The Morgan fingerprint density at radius 2 is 2.06 bits per heavy atom. The molecule has 0 aromatic heterocycles. The Hall–Kier alpha value is -2.26. The minimum Gasteiger partial charge on any atom is -0.466 e.